The van der Waals surface area contributed by atoms with Gasteiger partial charge in [0, 0.05) is 19.2 Å². The molecule has 0 spiro atoms. The van der Waals surface area contributed by atoms with Crippen LogP contribution >= 0.6 is 0 Å². The number of nitrogens with zero attached hydrogens (tertiary/aromatic N) is 2. The van der Waals surface area contributed by atoms with Crippen LogP contribution in [0.1, 0.15) is 11.1 Å². The van der Waals surface area contributed by atoms with E-state index in [0.29, 0.717) is 47.9 Å². The van der Waals surface area contributed by atoms with E-state index < -0.39 is 15.7 Å². The number of aromatic nitrogens is 2. The van der Waals surface area contributed by atoms with Crippen LogP contribution in [0.15, 0.2) is 40.0 Å². The van der Waals surface area contributed by atoms with Gasteiger partial charge in [0.25, 0.3) is 15.7 Å². The number of ether oxygens (including phenoxy) is 2. The molecule has 2 heterocycles. The van der Waals surface area contributed by atoms with Crippen molar-refractivity contribution >= 4 is 27.0 Å². The van der Waals surface area contributed by atoms with Gasteiger partial charge in [0.2, 0.25) is 5.95 Å². The first-order chi connectivity index (χ1) is 13.8. The average Bonchev–Trinajstić information content (AvgIpc) is 2.71. The van der Waals surface area contributed by atoms with Gasteiger partial charge in [-0.25, -0.2) is 0 Å². The summed E-state index contributed by atoms with van der Waals surface area (Å²) in [4.78, 5) is 21.6. The zero-order chi connectivity index (χ0) is 20.8. The van der Waals surface area contributed by atoms with Crippen molar-refractivity contribution in [2.45, 2.75) is 17.9 Å². The van der Waals surface area contributed by atoms with Crippen LogP contribution in [0.3, 0.4) is 0 Å². The summed E-state index contributed by atoms with van der Waals surface area (Å²) < 4.78 is 42.7. The van der Waals surface area contributed by atoms with Crippen LogP contribution in [-0.4, -0.2) is 43.7 Å². The van der Waals surface area contributed by atoms with Crippen molar-refractivity contribution < 1.29 is 22.4 Å². The summed E-state index contributed by atoms with van der Waals surface area (Å²) in [6.07, 6.45) is 0.648. The highest BCUT2D eigenvalue weighted by atomic mass is 32.2. The van der Waals surface area contributed by atoms with Crippen molar-refractivity contribution in [1.29, 1.82) is 0 Å². The summed E-state index contributed by atoms with van der Waals surface area (Å²) in [5.74, 6) is 1.29. The number of nitrogens with one attached hydrogen (secondary N) is 1. The molecule has 0 saturated heterocycles. The fourth-order valence-corrected chi connectivity index (χ4v) is 4.02. The number of H-pyrrole nitrogens is 1. The molecule has 0 radical (unpaired) electrons. The first kappa shape index (κ1) is 19.2. The van der Waals surface area contributed by atoms with Gasteiger partial charge in [-0.1, -0.05) is 6.07 Å². The van der Waals surface area contributed by atoms with E-state index in [4.69, 9.17) is 9.47 Å². The number of rotatable bonds is 4. The van der Waals surface area contributed by atoms with Crippen LogP contribution in [0.4, 0.5) is 5.95 Å². The molecule has 0 atom stereocenters. The van der Waals surface area contributed by atoms with Gasteiger partial charge < -0.3 is 19.4 Å². The van der Waals surface area contributed by atoms with E-state index in [9.17, 15) is 17.8 Å². The van der Waals surface area contributed by atoms with Gasteiger partial charge >= 0.3 is 0 Å². The van der Waals surface area contributed by atoms with Gasteiger partial charge in [-0.2, -0.15) is 13.4 Å². The van der Waals surface area contributed by atoms with Gasteiger partial charge in [0.05, 0.1) is 30.0 Å². The molecular formula is C19H19N3O6S. The Balaban J connectivity index is 1.75. The molecule has 10 heteroatoms. The highest BCUT2D eigenvalue weighted by molar-refractivity contribution is 7.85. The minimum Gasteiger partial charge on any atom is -0.493 e. The third kappa shape index (κ3) is 3.52. The maximum absolute atomic E-state index is 12.6. The number of benzene rings is 2. The number of hydrogen-bond donors (Lipinski definition) is 2. The number of aromatic amines is 1. The SMILES string of the molecule is COc1cc2[nH]c(N3CCc4ccc(S(=O)(=O)O)cc4C3)nc(=O)c2cc1OC. The van der Waals surface area contributed by atoms with Gasteiger partial charge in [0.1, 0.15) is 0 Å². The van der Waals surface area contributed by atoms with E-state index in [1.807, 2.05) is 4.90 Å². The van der Waals surface area contributed by atoms with E-state index >= 15 is 0 Å². The molecule has 0 unspecified atom stereocenters. The number of anilines is 1. The Hall–Kier alpha value is -3.11. The lowest BCUT2D eigenvalue weighted by molar-refractivity contribution is 0.355. The van der Waals surface area contributed by atoms with Crippen molar-refractivity contribution in [2.24, 2.45) is 0 Å². The van der Waals surface area contributed by atoms with Crippen molar-refractivity contribution in [2.75, 3.05) is 25.7 Å². The molecule has 2 aromatic carbocycles. The molecular weight excluding hydrogens is 398 g/mol. The smallest absolute Gasteiger partial charge is 0.294 e. The summed E-state index contributed by atoms with van der Waals surface area (Å²) in [7, 11) is -1.28. The second-order valence-electron chi connectivity index (χ2n) is 6.70. The molecule has 0 amide bonds. The van der Waals surface area contributed by atoms with Crippen molar-refractivity contribution in [3.8, 4) is 11.5 Å². The van der Waals surface area contributed by atoms with Gasteiger partial charge in [-0.15, -0.1) is 0 Å². The van der Waals surface area contributed by atoms with Crippen LogP contribution in [-0.2, 0) is 23.1 Å². The number of fused-ring (bicyclic) bond motifs is 2. The molecule has 0 fully saturated rings. The monoisotopic (exact) mass is 417 g/mol. The topological polar surface area (TPSA) is 122 Å². The fraction of sp³-hybridized carbons (Fsp3) is 0.263. The van der Waals surface area contributed by atoms with Crippen molar-refractivity contribution in [3.63, 3.8) is 0 Å². The number of hydrogen-bond acceptors (Lipinski definition) is 7. The Morgan fingerprint density at radius 3 is 2.52 bits per heavy atom. The van der Waals surface area contributed by atoms with E-state index in [0.717, 1.165) is 11.1 Å². The maximum atomic E-state index is 12.6. The fourth-order valence-electron chi connectivity index (χ4n) is 3.49. The second-order valence-corrected chi connectivity index (χ2v) is 8.12. The minimum absolute atomic E-state index is 0.158. The highest BCUT2D eigenvalue weighted by Crippen LogP contribution is 2.31. The predicted molar refractivity (Wildman–Crippen MR) is 106 cm³/mol. The van der Waals surface area contributed by atoms with E-state index in [-0.39, 0.29) is 4.90 Å². The Morgan fingerprint density at radius 2 is 1.83 bits per heavy atom. The molecule has 0 saturated carbocycles. The molecule has 4 rings (SSSR count). The lowest BCUT2D eigenvalue weighted by Crippen LogP contribution is -2.33. The highest BCUT2D eigenvalue weighted by Gasteiger charge is 2.22. The van der Waals surface area contributed by atoms with Gasteiger partial charge in [-0.05, 0) is 35.7 Å². The molecule has 1 aromatic heterocycles. The third-order valence-corrected chi connectivity index (χ3v) is 5.85. The van der Waals surface area contributed by atoms with Crippen molar-refractivity contribution in [3.05, 3.63) is 51.8 Å². The molecule has 29 heavy (non-hydrogen) atoms. The zero-order valence-electron chi connectivity index (χ0n) is 15.8. The van der Waals surface area contributed by atoms with Crippen LogP contribution in [0.25, 0.3) is 10.9 Å². The summed E-state index contributed by atoms with van der Waals surface area (Å²) in [5.41, 5.74) is 1.88. The zero-order valence-corrected chi connectivity index (χ0v) is 16.6. The lowest BCUT2D eigenvalue weighted by Gasteiger charge is -2.29. The van der Waals surface area contributed by atoms with Crippen LogP contribution in [0.5, 0.6) is 11.5 Å². The summed E-state index contributed by atoms with van der Waals surface area (Å²) in [6, 6.07) is 7.79. The molecule has 1 aliphatic heterocycles. The first-order valence-electron chi connectivity index (χ1n) is 8.80. The molecule has 0 aliphatic carbocycles. The Morgan fingerprint density at radius 1 is 1.10 bits per heavy atom. The van der Waals surface area contributed by atoms with Crippen LogP contribution in [0, 0.1) is 0 Å². The average molecular weight is 417 g/mol. The Labute approximate surface area is 166 Å². The van der Waals surface area contributed by atoms with E-state index in [2.05, 4.69) is 9.97 Å². The summed E-state index contributed by atoms with van der Waals surface area (Å²) in [6.45, 7) is 0.945. The van der Waals surface area contributed by atoms with Gasteiger partial charge in [-0.3, -0.25) is 9.35 Å². The molecule has 152 valence electrons. The van der Waals surface area contributed by atoms with E-state index in [1.165, 1.54) is 26.4 Å². The standard InChI is InChI=1S/C19H19N3O6S/c1-27-16-8-14-15(9-17(16)28-2)20-19(21-18(14)23)22-6-5-11-3-4-13(29(24,25)26)7-12(11)10-22/h3-4,7-9H,5-6,10H2,1-2H3,(H,20,21,23)(H,24,25,26). The Kier molecular flexibility index (Phi) is 4.67. The number of methoxy groups -OCH3 is 2. The van der Waals surface area contributed by atoms with Gasteiger partial charge in [0.15, 0.2) is 11.5 Å². The predicted octanol–water partition coefficient (Wildman–Crippen LogP) is 1.75. The summed E-state index contributed by atoms with van der Waals surface area (Å²) >= 11 is 0. The van der Waals surface area contributed by atoms with Crippen molar-refractivity contribution in [1.82, 2.24) is 9.97 Å². The molecule has 9 nitrogen and oxygen atoms in total. The molecule has 2 N–H and O–H groups in total. The third-order valence-electron chi connectivity index (χ3n) is 5.00. The second kappa shape index (κ2) is 7.05. The Bertz CT molecular complexity index is 1270. The molecule has 0 bridgehead atoms. The summed E-state index contributed by atoms with van der Waals surface area (Å²) in [5, 5.41) is 0.373. The minimum atomic E-state index is -4.29. The maximum Gasteiger partial charge on any atom is 0.294 e. The largest absolute Gasteiger partial charge is 0.493 e. The quantitative estimate of drug-likeness (QED) is 0.616. The van der Waals surface area contributed by atoms with Crippen LogP contribution in [0.2, 0.25) is 0 Å². The van der Waals surface area contributed by atoms with Crippen LogP contribution < -0.4 is 19.9 Å². The first-order valence-corrected chi connectivity index (χ1v) is 10.2. The normalized spacial score (nSPS) is 14.0. The van der Waals surface area contributed by atoms with E-state index in [1.54, 1.807) is 18.2 Å². The molecule has 3 aromatic rings. The molecule has 1 aliphatic rings. The lowest BCUT2D eigenvalue weighted by atomic mass is 10.0.